The van der Waals surface area contributed by atoms with Gasteiger partial charge in [0.15, 0.2) is 0 Å². The van der Waals surface area contributed by atoms with E-state index in [1.165, 1.54) is 11.3 Å². The Kier molecular flexibility index (Phi) is 4.24. The van der Waals surface area contributed by atoms with Crippen LogP contribution in [-0.2, 0) is 0 Å². The molecule has 1 heteroatoms. The predicted octanol–water partition coefficient (Wildman–Crippen LogP) is 3.80. The molecular formula is C13H19N. The number of anilines is 1. The van der Waals surface area contributed by atoms with Gasteiger partial charge in [0.2, 0.25) is 0 Å². The molecule has 1 nitrogen and oxygen atoms in total. The Morgan fingerprint density at radius 2 is 1.86 bits per heavy atom. The van der Waals surface area contributed by atoms with Crippen molar-refractivity contribution in [3.05, 3.63) is 42.0 Å². The number of benzene rings is 1. The Morgan fingerprint density at radius 1 is 1.21 bits per heavy atom. The number of allylic oxidation sites excluding steroid dienone is 1. The van der Waals surface area contributed by atoms with Crippen LogP contribution in [0, 0.1) is 0 Å². The summed E-state index contributed by atoms with van der Waals surface area (Å²) in [6.07, 6.45) is 4.16. The van der Waals surface area contributed by atoms with Crippen molar-refractivity contribution in [2.75, 3.05) is 11.9 Å². The third kappa shape index (κ3) is 3.25. The van der Waals surface area contributed by atoms with Crippen LogP contribution in [0.15, 0.2) is 36.4 Å². The van der Waals surface area contributed by atoms with Crippen LogP contribution in [-0.4, -0.2) is 6.54 Å². The van der Waals surface area contributed by atoms with Crippen LogP contribution >= 0.6 is 0 Å². The molecule has 0 atom stereocenters. The van der Waals surface area contributed by atoms with E-state index < -0.39 is 0 Å². The molecule has 0 radical (unpaired) electrons. The second-order valence-electron chi connectivity index (χ2n) is 3.73. The van der Waals surface area contributed by atoms with E-state index in [2.05, 4.69) is 55.6 Å². The maximum Gasteiger partial charge on any atom is 0.0342 e. The molecule has 0 spiro atoms. The van der Waals surface area contributed by atoms with Crippen molar-refractivity contribution in [1.29, 1.82) is 0 Å². The van der Waals surface area contributed by atoms with E-state index in [4.69, 9.17) is 0 Å². The van der Waals surface area contributed by atoms with Crippen molar-refractivity contribution < 1.29 is 0 Å². The fourth-order valence-electron chi connectivity index (χ4n) is 1.28. The quantitative estimate of drug-likeness (QED) is 0.710. The van der Waals surface area contributed by atoms with Gasteiger partial charge in [-0.3, -0.25) is 0 Å². The monoisotopic (exact) mass is 189 g/mol. The van der Waals surface area contributed by atoms with Crippen molar-refractivity contribution in [3.8, 4) is 0 Å². The zero-order chi connectivity index (χ0) is 10.4. The van der Waals surface area contributed by atoms with Crippen molar-refractivity contribution >= 4 is 5.69 Å². The molecule has 0 aromatic heterocycles. The van der Waals surface area contributed by atoms with Gasteiger partial charge in [-0.1, -0.05) is 38.1 Å². The smallest absolute Gasteiger partial charge is 0.0342 e. The van der Waals surface area contributed by atoms with Gasteiger partial charge in [-0.15, -0.1) is 0 Å². The molecule has 0 saturated carbocycles. The normalized spacial score (nSPS) is 11.1. The highest BCUT2D eigenvalue weighted by molar-refractivity contribution is 5.45. The summed E-state index contributed by atoms with van der Waals surface area (Å²) in [5.41, 5.74) is 2.58. The maximum atomic E-state index is 3.32. The van der Waals surface area contributed by atoms with Crippen molar-refractivity contribution in [3.63, 3.8) is 0 Å². The van der Waals surface area contributed by atoms with E-state index in [0.717, 1.165) is 6.54 Å². The van der Waals surface area contributed by atoms with Gasteiger partial charge in [0, 0.05) is 12.2 Å². The Bertz CT molecular complexity index is 283. The molecule has 0 aliphatic heterocycles. The van der Waals surface area contributed by atoms with Crippen LogP contribution in [0.25, 0.3) is 0 Å². The van der Waals surface area contributed by atoms with Gasteiger partial charge in [0.1, 0.15) is 0 Å². The molecule has 1 aromatic carbocycles. The van der Waals surface area contributed by atoms with E-state index in [-0.39, 0.29) is 0 Å². The molecule has 76 valence electrons. The number of hydrogen-bond acceptors (Lipinski definition) is 1. The van der Waals surface area contributed by atoms with Gasteiger partial charge in [-0.2, -0.15) is 0 Å². The first-order valence-corrected chi connectivity index (χ1v) is 5.19. The summed E-state index contributed by atoms with van der Waals surface area (Å²) in [7, 11) is 0. The second-order valence-corrected chi connectivity index (χ2v) is 3.73. The molecule has 0 amide bonds. The van der Waals surface area contributed by atoms with Crippen molar-refractivity contribution in [1.82, 2.24) is 0 Å². The van der Waals surface area contributed by atoms with E-state index in [1.54, 1.807) is 0 Å². The summed E-state index contributed by atoms with van der Waals surface area (Å²) in [4.78, 5) is 0. The predicted molar refractivity (Wildman–Crippen MR) is 63.8 cm³/mol. The average Bonchev–Trinajstić information content (AvgIpc) is 2.19. The summed E-state index contributed by atoms with van der Waals surface area (Å²) in [6, 6.07) is 8.64. The highest BCUT2D eigenvalue weighted by atomic mass is 14.8. The molecule has 1 rings (SSSR count). The highest BCUT2D eigenvalue weighted by Crippen LogP contribution is 2.16. The molecule has 0 fully saturated rings. The molecule has 1 aromatic rings. The third-order valence-electron chi connectivity index (χ3n) is 2.24. The largest absolute Gasteiger partial charge is 0.382 e. The Balaban J connectivity index is 2.55. The molecule has 0 aliphatic carbocycles. The minimum Gasteiger partial charge on any atom is -0.382 e. The SMILES string of the molecule is C/C=C/CNc1ccc(C(C)C)cc1. The van der Waals surface area contributed by atoms with E-state index in [1.807, 2.05) is 6.92 Å². The van der Waals surface area contributed by atoms with Crippen LogP contribution in [0.3, 0.4) is 0 Å². The van der Waals surface area contributed by atoms with Crippen LogP contribution in [0.4, 0.5) is 5.69 Å². The van der Waals surface area contributed by atoms with Gasteiger partial charge < -0.3 is 5.32 Å². The fraction of sp³-hybridized carbons (Fsp3) is 0.385. The van der Waals surface area contributed by atoms with Crippen LogP contribution in [0.1, 0.15) is 32.3 Å². The van der Waals surface area contributed by atoms with Gasteiger partial charge in [-0.05, 0) is 30.5 Å². The van der Waals surface area contributed by atoms with Crippen molar-refractivity contribution in [2.45, 2.75) is 26.7 Å². The first kappa shape index (κ1) is 10.8. The Morgan fingerprint density at radius 3 is 2.36 bits per heavy atom. The number of rotatable bonds is 4. The lowest BCUT2D eigenvalue weighted by molar-refractivity contribution is 0.867. The summed E-state index contributed by atoms with van der Waals surface area (Å²) >= 11 is 0. The maximum absolute atomic E-state index is 3.32. The number of nitrogens with one attached hydrogen (secondary N) is 1. The molecule has 0 aliphatic rings. The number of hydrogen-bond donors (Lipinski definition) is 1. The zero-order valence-corrected chi connectivity index (χ0v) is 9.25. The summed E-state index contributed by atoms with van der Waals surface area (Å²) in [5, 5.41) is 3.32. The van der Waals surface area contributed by atoms with Crippen LogP contribution in [0.5, 0.6) is 0 Å². The first-order chi connectivity index (χ1) is 6.74. The van der Waals surface area contributed by atoms with Gasteiger partial charge in [0.05, 0.1) is 0 Å². The lowest BCUT2D eigenvalue weighted by Crippen LogP contribution is -1.98. The zero-order valence-electron chi connectivity index (χ0n) is 9.25. The van der Waals surface area contributed by atoms with Crippen LogP contribution in [0.2, 0.25) is 0 Å². The highest BCUT2D eigenvalue weighted by Gasteiger charge is 1.97. The minimum atomic E-state index is 0.611. The van der Waals surface area contributed by atoms with E-state index in [0.29, 0.717) is 5.92 Å². The molecule has 0 bridgehead atoms. The second kappa shape index (κ2) is 5.48. The minimum absolute atomic E-state index is 0.611. The van der Waals surface area contributed by atoms with Gasteiger partial charge in [-0.25, -0.2) is 0 Å². The molecule has 0 heterocycles. The molecule has 0 unspecified atom stereocenters. The average molecular weight is 189 g/mol. The molecule has 1 N–H and O–H groups in total. The Hall–Kier alpha value is -1.24. The van der Waals surface area contributed by atoms with Gasteiger partial charge in [0.25, 0.3) is 0 Å². The van der Waals surface area contributed by atoms with E-state index >= 15 is 0 Å². The summed E-state index contributed by atoms with van der Waals surface area (Å²) < 4.78 is 0. The van der Waals surface area contributed by atoms with E-state index in [9.17, 15) is 0 Å². The third-order valence-corrected chi connectivity index (χ3v) is 2.24. The molecule has 14 heavy (non-hydrogen) atoms. The standard InChI is InChI=1S/C13H19N/c1-4-5-10-14-13-8-6-12(7-9-13)11(2)3/h4-9,11,14H,10H2,1-3H3/b5-4+. The van der Waals surface area contributed by atoms with Crippen LogP contribution < -0.4 is 5.32 Å². The first-order valence-electron chi connectivity index (χ1n) is 5.19. The summed E-state index contributed by atoms with van der Waals surface area (Å²) in [6.45, 7) is 7.35. The molecule has 0 saturated heterocycles. The summed E-state index contributed by atoms with van der Waals surface area (Å²) in [5.74, 6) is 0.611. The lowest BCUT2D eigenvalue weighted by Gasteiger charge is -2.07. The van der Waals surface area contributed by atoms with Gasteiger partial charge >= 0.3 is 0 Å². The molecular weight excluding hydrogens is 170 g/mol. The van der Waals surface area contributed by atoms with Crippen molar-refractivity contribution in [2.24, 2.45) is 0 Å². The lowest BCUT2D eigenvalue weighted by atomic mass is 10.0. The topological polar surface area (TPSA) is 12.0 Å². The fourth-order valence-corrected chi connectivity index (χ4v) is 1.28. The Labute approximate surface area is 86.8 Å².